The van der Waals surface area contributed by atoms with Crippen LogP contribution in [-0.2, 0) is 4.79 Å². The molecule has 0 fully saturated rings. The second-order valence-corrected chi connectivity index (χ2v) is 5.95. The molecule has 0 heterocycles. The Morgan fingerprint density at radius 3 is 1.52 bits per heavy atom. The maximum absolute atomic E-state index is 10.5. The molecule has 140 valence electrons. The molecule has 0 aromatic carbocycles. The van der Waals surface area contributed by atoms with Gasteiger partial charge in [0.15, 0.2) is 0 Å². The molecular formula is C18H40N2O3. The third kappa shape index (κ3) is 29.9. The third-order valence-corrected chi connectivity index (χ3v) is 3.60. The molecule has 0 spiro atoms. The summed E-state index contributed by atoms with van der Waals surface area (Å²) in [7, 11) is 0. The Morgan fingerprint density at radius 1 is 0.783 bits per heavy atom. The lowest BCUT2D eigenvalue weighted by molar-refractivity contribution is -0.118. The first-order valence-electron chi connectivity index (χ1n) is 9.39. The van der Waals surface area contributed by atoms with Crippen LogP contribution < -0.4 is 11.1 Å². The minimum absolute atomic E-state index is 0.139. The second-order valence-electron chi connectivity index (χ2n) is 5.95. The molecule has 0 saturated heterocycles. The largest absolute Gasteiger partial charge is 0.395 e. The van der Waals surface area contributed by atoms with Crippen LogP contribution in [0.25, 0.3) is 0 Å². The molecule has 5 heteroatoms. The number of hydrogen-bond acceptors (Lipinski definition) is 4. The van der Waals surface area contributed by atoms with Crippen molar-refractivity contribution in [3.63, 3.8) is 0 Å². The summed E-state index contributed by atoms with van der Waals surface area (Å²) in [5.74, 6) is -0.157. The molecule has 0 aliphatic carbocycles. The molecule has 5 nitrogen and oxygen atoms in total. The fraction of sp³-hybridized carbons (Fsp3) is 0.944. The minimum Gasteiger partial charge on any atom is -0.395 e. The predicted molar refractivity (Wildman–Crippen MR) is 97.3 cm³/mol. The van der Waals surface area contributed by atoms with Gasteiger partial charge in [-0.3, -0.25) is 4.79 Å². The monoisotopic (exact) mass is 332 g/mol. The van der Waals surface area contributed by atoms with E-state index in [-0.39, 0.29) is 19.1 Å². The maximum atomic E-state index is 10.5. The summed E-state index contributed by atoms with van der Waals surface area (Å²) >= 11 is 0. The van der Waals surface area contributed by atoms with Crippen LogP contribution in [-0.4, -0.2) is 42.4 Å². The number of hydrogen-bond donors (Lipinski definition) is 4. The number of amides is 1. The molecule has 0 aromatic rings. The van der Waals surface area contributed by atoms with E-state index in [9.17, 15) is 4.79 Å². The molecule has 0 aromatic heterocycles. The SMILES string of the molecule is CCCCCCCCCCCCCC(N)=O.OCCNCCO. The first-order chi connectivity index (χ1) is 11.2. The highest BCUT2D eigenvalue weighted by atomic mass is 16.3. The van der Waals surface area contributed by atoms with Crippen LogP contribution in [0.15, 0.2) is 0 Å². The quantitative estimate of drug-likeness (QED) is 0.327. The molecule has 5 N–H and O–H groups in total. The van der Waals surface area contributed by atoms with Crippen molar-refractivity contribution in [1.29, 1.82) is 0 Å². The van der Waals surface area contributed by atoms with E-state index in [4.69, 9.17) is 15.9 Å². The number of aliphatic hydroxyl groups excluding tert-OH is 2. The van der Waals surface area contributed by atoms with Gasteiger partial charge in [-0.15, -0.1) is 0 Å². The zero-order chi connectivity index (χ0) is 17.6. The summed E-state index contributed by atoms with van der Waals surface area (Å²) < 4.78 is 0. The van der Waals surface area contributed by atoms with Crippen LogP contribution in [0.3, 0.4) is 0 Å². The number of nitrogens with two attached hydrogens (primary N) is 1. The number of carbonyl (C=O) groups excluding carboxylic acids is 1. The summed E-state index contributed by atoms with van der Waals surface area (Å²) in [5, 5.41) is 19.1. The van der Waals surface area contributed by atoms with Gasteiger partial charge < -0.3 is 21.3 Å². The molecule has 0 unspecified atom stereocenters. The summed E-state index contributed by atoms with van der Waals surface area (Å²) in [4.78, 5) is 10.5. The molecule has 0 rings (SSSR count). The fourth-order valence-corrected chi connectivity index (χ4v) is 2.25. The first kappa shape index (κ1) is 24.6. The van der Waals surface area contributed by atoms with Crippen molar-refractivity contribution in [3.05, 3.63) is 0 Å². The Labute approximate surface area is 143 Å². The normalized spacial score (nSPS) is 10.2. The highest BCUT2D eigenvalue weighted by Gasteiger charge is 1.95. The van der Waals surface area contributed by atoms with Gasteiger partial charge >= 0.3 is 0 Å². The molecule has 0 bridgehead atoms. The third-order valence-electron chi connectivity index (χ3n) is 3.60. The molecule has 0 aliphatic heterocycles. The number of nitrogens with one attached hydrogen (secondary N) is 1. The number of unbranched alkanes of at least 4 members (excludes halogenated alkanes) is 10. The van der Waals surface area contributed by atoms with Crippen LogP contribution in [0.1, 0.15) is 84.0 Å². The van der Waals surface area contributed by atoms with E-state index >= 15 is 0 Å². The topological polar surface area (TPSA) is 95.6 Å². The minimum atomic E-state index is -0.157. The average Bonchev–Trinajstić information content (AvgIpc) is 2.53. The van der Waals surface area contributed by atoms with Gasteiger partial charge in [0.1, 0.15) is 0 Å². The fourth-order valence-electron chi connectivity index (χ4n) is 2.25. The van der Waals surface area contributed by atoms with Gasteiger partial charge in [0.25, 0.3) is 0 Å². The van der Waals surface area contributed by atoms with Gasteiger partial charge in [-0.1, -0.05) is 71.1 Å². The standard InChI is InChI=1S/C14H29NO.C4H11NO2/c1-2-3-4-5-6-7-8-9-10-11-12-13-14(15)16;6-3-1-5-2-4-7/h2-13H2,1H3,(H2,15,16);5-7H,1-4H2. The lowest BCUT2D eigenvalue weighted by Crippen LogP contribution is -2.21. The van der Waals surface area contributed by atoms with E-state index in [0.29, 0.717) is 19.5 Å². The summed E-state index contributed by atoms with van der Waals surface area (Å²) in [6.07, 6.45) is 15.0. The Morgan fingerprint density at radius 2 is 1.17 bits per heavy atom. The van der Waals surface area contributed by atoms with Crippen molar-refractivity contribution in [1.82, 2.24) is 5.32 Å². The van der Waals surface area contributed by atoms with Gasteiger partial charge in [0.05, 0.1) is 13.2 Å². The van der Waals surface area contributed by atoms with Crippen LogP contribution in [0, 0.1) is 0 Å². The lowest BCUT2D eigenvalue weighted by atomic mass is 10.1. The van der Waals surface area contributed by atoms with E-state index in [0.717, 1.165) is 6.42 Å². The number of primary amides is 1. The maximum Gasteiger partial charge on any atom is 0.217 e. The van der Waals surface area contributed by atoms with E-state index in [1.54, 1.807) is 0 Å². The molecule has 1 amide bonds. The highest BCUT2D eigenvalue weighted by molar-refractivity contribution is 5.73. The molecule has 0 aliphatic rings. The Kier molecular flexibility index (Phi) is 25.3. The smallest absolute Gasteiger partial charge is 0.217 e. The summed E-state index contributed by atoms with van der Waals surface area (Å²) in [6, 6.07) is 0. The molecule has 0 radical (unpaired) electrons. The molecule has 0 atom stereocenters. The van der Waals surface area contributed by atoms with Gasteiger partial charge in [-0.25, -0.2) is 0 Å². The average molecular weight is 333 g/mol. The van der Waals surface area contributed by atoms with Gasteiger partial charge in [-0.2, -0.15) is 0 Å². The van der Waals surface area contributed by atoms with Gasteiger partial charge in [0.2, 0.25) is 5.91 Å². The van der Waals surface area contributed by atoms with Gasteiger partial charge in [-0.05, 0) is 6.42 Å². The van der Waals surface area contributed by atoms with Crippen molar-refractivity contribution in [2.24, 2.45) is 5.73 Å². The number of rotatable bonds is 16. The summed E-state index contributed by atoms with van der Waals surface area (Å²) in [6.45, 7) is 3.67. The van der Waals surface area contributed by atoms with Gasteiger partial charge in [0, 0.05) is 19.5 Å². The Balaban J connectivity index is 0. The first-order valence-corrected chi connectivity index (χ1v) is 9.39. The second kappa shape index (κ2) is 23.6. The molecule has 0 saturated carbocycles. The summed E-state index contributed by atoms with van der Waals surface area (Å²) in [5.41, 5.74) is 5.07. The lowest BCUT2D eigenvalue weighted by Gasteiger charge is -2.01. The Hall–Kier alpha value is -0.650. The van der Waals surface area contributed by atoms with Crippen molar-refractivity contribution >= 4 is 5.91 Å². The molecular weight excluding hydrogens is 292 g/mol. The van der Waals surface area contributed by atoms with Crippen molar-refractivity contribution in [2.45, 2.75) is 84.0 Å². The predicted octanol–water partition coefficient (Wildman–Crippen LogP) is 2.73. The number of aliphatic hydroxyl groups is 2. The van der Waals surface area contributed by atoms with E-state index in [1.807, 2.05) is 0 Å². The van der Waals surface area contributed by atoms with Crippen LogP contribution in [0.5, 0.6) is 0 Å². The van der Waals surface area contributed by atoms with Crippen LogP contribution in [0.4, 0.5) is 0 Å². The number of carbonyl (C=O) groups is 1. The van der Waals surface area contributed by atoms with Crippen molar-refractivity contribution < 1.29 is 15.0 Å². The highest BCUT2D eigenvalue weighted by Crippen LogP contribution is 2.11. The van der Waals surface area contributed by atoms with E-state index < -0.39 is 0 Å². The van der Waals surface area contributed by atoms with Crippen LogP contribution >= 0.6 is 0 Å². The van der Waals surface area contributed by atoms with Crippen molar-refractivity contribution in [2.75, 3.05) is 26.3 Å². The Bertz CT molecular complexity index is 222. The molecule has 23 heavy (non-hydrogen) atoms. The van der Waals surface area contributed by atoms with E-state index in [1.165, 1.54) is 64.2 Å². The zero-order valence-corrected chi connectivity index (χ0v) is 15.2. The van der Waals surface area contributed by atoms with Crippen molar-refractivity contribution in [3.8, 4) is 0 Å². The van der Waals surface area contributed by atoms with Crippen LogP contribution in [0.2, 0.25) is 0 Å². The zero-order valence-electron chi connectivity index (χ0n) is 15.2. The van der Waals surface area contributed by atoms with E-state index in [2.05, 4.69) is 12.2 Å².